The van der Waals surface area contributed by atoms with Gasteiger partial charge in [0.1, 0.15) is 0 Å². The van der Waals surface area contributed by atoms with Crippen LogP contribution < -0.4 is 11.1 Å². The van der Waals surface area contributed by atoms with Gasteiger partial charge in [0.15, 0.2) is 0 Å². The Bertz CT molecular complexity index is 801. The Labute approximate surface area is 89.0 Å². The van der Waals surface area contributed by atoms with Crippen molar-refractivity contribution in [3.63, 3.8) is 0 Å². The van der Waals surface area contributed by atoms with Crippen LogP contribution in [0.15, 0.2) is 46.1 Å². The molecule has 78 valence electrons. The zero-order valence-corrected chi connectivity index (χ0v) is 8.18. The molecule has 1 N–H and O–H groups in total. The van der Waals surface area contributed by atoms with Crippen molar-refractivity contribution >= 4 is 16.7 Å². The van der Waals surface area contributed by atoms with E-state index < -0.39 is 0 Å². The number of benzene rings is 1. The number of fused-ring (bicyclic) bond motifs is 2. The first-order valence-corrected chi connectivity index (χ1v) is 4.76. The summed E-state index contributed by atoms with van der Waals surface area (Å²) in [5.41, 5.74) is 0.119. The highest BCUT2D eigenvalue weighted by atomic mass is 16.1. The number of aromatic amines is 1. The molecule has 0 aliphatic heterocycles. The summed E-state index contributed by atoms with van der Waals surface area (Å²) in [6.45, 7) is 0. The standard InChI is InChI=1S/C11H7N3O2/c15-9-5-6-14-10(16)7-3-1-2-4-8(7)12-11(14)13-9/h1-6H,(H,12,13,15). The minimum atomic E-state index is -0.276. The molecule has 1 aromatic carbocycles. The molecule has 0 radical (unpaired) electrons. The first-order valence-electron chi connectivity index (χ1n) is 4.76. The van der Waals surface area contributed by atoms with Crippen LogP contribution in [0.1, 0.15) is 0 Å². The molecule has 16 heavy (non-hydrogen) atoms. The van der Waals surface area contributed by atoms with Gasteiger partial charge in [-0.2, -0.15) is 0 Å². The average Bonchev–Trinajstić information content (AvgIpc) is 2.29. The molecule has 0 saturated heterocycles. The molecule has 2 aromatic heterocycles. The minimum absolute atomic E-state index is 0.183. The van der Waals surface area contributed by atoms with Crippen molar-refractivity contribution in [3.05, 3.63) is 57.2 Å². The zero-order valence-electron chi connectivity index (χ0n) is 8.18. The van der Waals surface area contributed by atoms with Gasteiger partial charge in [0, 0.05) is 12.3 Å². The van der Waals surface area contributed by atoms with Crippen LogP contribution in [0.4, 0.5) is 0 Å². The van der Waals surface area contributed by atoms with Gasteiger partial charge in [-0.05, 0) is 12.1 Å². The monoisotopic (exact) mass is 213 g/mol. The van der Waals surface area contributed by atoms with Gasteiger partial charge in [-0.15, -0.1) is 0 Å². The molecule has 3 rings (SSSR count). The summed E-state index contributed by atoms with van der Waals surface area (Å²) < 4.78 is 1.32. The van der Waals surface area contributed by atoms with Crippen LogP contribution in [0.2, 0.25) is 0 Å². The third kappa shape index (κ3) is 1.15. The summed E-state index contributed by atoms with van der Waals surface area (Å²) in [7, 11) is 0. The molecule has 0 saturated carbocycles. The van der Waals surface area contributed by atoms with E-state index in [0.29, 0.717) is 10.9 Å². The smallest absolute Gasteiger partial charge is 0.266 e. The Morgan fingerprint density at radius 2 is 1.94 bits per heavy atom. The van der Waals surface area contributed by atoms with E-state index in [9.17, 15) is 9.59 Å². The quantitative estimate of drug-likeness (QED) is 0.554. The van der Waals surface area contributed by atoms with E-state index in [1.807, 2.05) is 0 Å². The Morgan fingerprint density at radius 1 is 1.12 bits per heavy atom. The lowest BCUT2D eigenvalue weighted by molar-refractivity contribution is 1.00. The van der Waals surface area contributed by atoms with Gasteiger partial charge in [-0.1, -0.05) is 12.1 Å². The molecule has 2 heterocycles. The number of nitrogens with zero attached hydrogens (tertiary/aromatic N) is 2. The van der Waals surface area contributed by atoms with E-state index in [1.165, 1.54) is 16.7 Å². The topological polar surface area (TPSA) is 67.2 Å². The number of aromatic nitrogens is 3. The van der Waals surface area contributed by atoms with Gasteiger partial charge < -0.3 is 0 Å². The summed E-state index contributed by atoms with van der Waals surface area (Å²) in [5, 5.41) is 0.534. The third-order valence-corrected chi connectivity index (χ3v) is 2.42. The second-order valence-electron chi connectivity index (χ2n) is 3.43. The molecule has 0 bridgehead atoms. The molecule has 5 nitrogen and oxygen atoms in total. The van der Waals surface area contributed by atoms with E-state index in [-0.39, 0.29) is 16.9 Å². The maximum atomic E-state index is 12.0. The van der Waals surface area contributed by atoms with E-state index in [2.05, 4.69) is 9.97 Å². The Kier molecular flexibility index (Phi) is 1.67. The zero-order chi connectivity index (χ0) is 11.1. The molecule has 0 unspecified atom stereocenters. The number of hydrogen-bond donors (Lipinski definition) is 1. The molecule has 0 spiro atoms. The maximum Gasteiger partial charge on any atom is 0.266 e. The van der Waals surface area contributed by atoms with E-state index in [4.69, 9.17) is 0 Å². The van der Waals surface area contributed by atoms with E-state index >= 15 is 0 Å². The number of hydrogen-bond acceptors (Lipinski definition) is 3. The van der Waals surface area contributed by atoms with Gasteiger partial charge in [-0.25, -0.2) is 4.98 Å². The van der Waals surface area contributed by atoms with Gasteiger partial charge in [0.25, 0.3) is 11.1 Å². The van der Waals surface area contributed by atoms with Gasteiger partial charge in [0.05, 0.1) is 10.9 Å². The summed E-state index contributed by atoms with van der Waals surface area (Å²) in [5.74, 6) is 0.260. The normalized spacial score (nSPS) is 11.0. The maximum absolute atomic E-state index is 12.0. The third-order valence-electron chi connectivity index (χ3n) is 2.42. The van der Waals surface area contributed by atoms with Crippen LogP contribution in [-0.4, -0.2) is 14.4 Å². The lowest BCUT2D eigenvalue weighted by atomic mass is 10.2. The SMILES string of the molecule is O=c1ccn2c(=O)c3ccccc3nc2[nH]1. The average molecular weight is 213 g/mol. The summed E-state index contributed by atoms with van der Waals surface area (Å²) in [4.78, 5) is 29.8. The predicted molar refractivity (Wildman–Crippen MR) is 59.6 cm³/mol. The van der Waals surface area contributed by atoms with Gasteiger partial charge >= 0.3 is 0 Å². The summed E-state index contributed by atoms with van der Waals surface area (Å²) >= 11 is 0. The molecular weight excluding hydrogens is 206 g/mol. The largest absolute Gasteiger partial charge is 0.292 e. The lowest BCUT2D eigenvalue weighted by Crippen LogP contribution is -2.19. The summed E-state index contributed by atoms with van der Waals surface area (Å²) in [6.07, 6.45) is 1.43. The van der Waals surface area contributed by atoms with Crippen molar-refractivity contribution in [2.45, 2.75) is 0 Å². The Balaban J connectivity index is 2.66. The number of para-hydroxylation sites is 1. The van der Waals surface area contributed by atoms with Gasteiger partial charge in [-0.3, -0.25) is 19.0 Å². The molecule has 0 fully saturated rings. The predicted octanol–water partition coefficient (Wildman–Crippen LogP) is 0.536. The van der Waals surface area contributed by atoms with E-state index in [1.54, 1.807) is 24.3 Å². The molecule has 0 amide bonds. The fraction of sp³-hybridized carbons (Fsp3) is 0. The highest BCUT2D eigenvalue weighted by molar-refractivity contribution is 5.78. The van der Waals surface area contributed by atoms with Crippen LogP contribution in [0.3, 0.4) is 0 Å². The number of H-pyrrole nitrogens is 1. The van der Waals surface area contributed by atoms with Crippen molar-refractivity contribution in [2.24, 2.45) is 0 Å². The lowest BCUT2D eigenvalue weighted by Gasteiger charge is -2.01. The fourth-order valence-corrected chi connectivity index (χ4v) is 1.67. The first kappa shape index (κ1) is 8.84. The fourth-order valence-electron chi connectivity index (χ4n) is 1.67. The van der Waals surface area contributed by atoms with Gasteiger partial charge in [0.2, 0.25) is 5.78 Å². The first-order chi connectivity index (χ1) is 7.75. The highest BCUT2D eigenvalue weighted by Gasteiger charge is 2.04. The molecule has 0 atom stereocenters. The molecule has 0 aliphatic carbocycles. The van der Waals surface area contributed by atoms with Crippen molar-refractivity contribution in [2.75, 3.05) is 0 Å². The molecule has 5 heteroatoms. The summed E-state index contributed by atoms with van der Waals surface area (Å²) in [6, 6.07) is 8.32. The van der Waals surface area contributed by atoms with Crippen molar-refractivity contribution in [1.82, 2.24) is 14.4 Å². The molecule has 3 aromatic rings. The van der Waals surface area contributed by atoms with Crippen LogP contribution >= 0.6 is 0 Å². The minimum Gasteiger partial charge on any atom is -0.292 e. The van der Waals surface area contributed by atoms with Crippen LogP contribution in [0.5, 0.6) is 0 Å². The van der Waals surface area contributed by atoms with Crippen LogP contribution in [0, 0.1) is 0 Å². The Morgan fingerprint density at radius 3 is 2.81 bits per heavy atom. The molecule has 0 aliphatic rings. The highest BCUT2D eigenvalue weighted by Crippen LogP contribution is 2.05. The van der Waals surface area contributed by atoms with Crippen molar-refractivity contribution < 1.29 is 0 Å². The Hall–Kier alpha value is -2.43. The number of rotatable bonds is 0. The second-order valence-corrected chi connectivity index (χ2v) is 3.43. The van der Waals surface area contributed by atoms with E-state index in [0.717, 1.165) is 0 Å². The molecular formula is C11H7N3O2. The van der Waals surface area contributed by atoms with Crippen LogP contribution in [0.25, 0.3) is 16.7 Å². The number of nitrogens with one attached hydrogen (secondary N) is 1. The van der Waals surface area contributed by atoms with Crippen LogP contribution in [-0.2, 0) is 0 Å². The van der Waals surface area contributed by atoms with Crippen molar-refractivity contribution in [3.8, 4) is 0 Å². The second kappa shape index (κ2) is 3.03. The van der Waals surface area contributed by atoms with Crippen molar-refractivity contribution in [1.29, 1.82) is 0 Å².